The third-order valence-corrected chi connectivity index (χ3v) is 6.19. The Bertz CT molecular complexity index is 1680. The Kier molecular flexibility index (Phi) is 5.40. The van der Waals surface area contributed by atoms with E-state index >= 15 is 0 Å². The number of aryl methyl sites for hydroxylation is 1. The summed E-state index contributed by atoms with van der Waals surface area (Å²) in [6.07, 6.45) is 3.51. The maximum Gasteiger partial charge on any atom is 0.337 e. The van der Waals surface area contributed by atoms with Crippen molar-refractivity contribution in [2.75, 3.05) is 11.4 Å². The van der Waals surface area contributed by atoms with Crippen molar-refractivity contribution in [2.45, 2.75) is 20.8 Å². The van der Waals surface area contributed by atoms with Crippen LogP contribution >= 0.6 is 0 Å². The van der Waals surface area contributed by atoms with Gasteiger partial charge in [0.2, 0.25) is 5.88 Å². The topological polar surface area (TPSA) is 75.7 Å². The summed E-state index contributed by atoms with van der Waals surface area (Å²) >= 11 is 0. The van der Waals surface area contributed by atoms with Gasteiger partial charge in [0.1, 0.15) is 5.82 Å². The van der Waals surface area contributed by atoms with Crippen LogP contribution in [0.15, 0.2) is 76.2 Å². The summed E-state index contributed by atoms with van der Waals surface area (Å²) in [6, 6.07) is 14.9. The van der Waals surface area contributed by atoms with Crippen molar-refractivity contribution in [3.05, 3.63) is 99.7 Å². The summed E-state index contributed by atoms with van der Waals surface area (Å²) in [7, 11) is 0. The number of carboxylic acids is 1. The lowest BCUT2D eigenvalue weighted by Crippen LogP contribution is -2.20. The van der Waals surface area contributed by atoms with Gasteiger partial charge in [-0.1, -0.05) is 12.1 Å². The largest absolute Gasteiger partial charge is 0.478 e. The number of aromatic nitrogens is 1. The van der Waals surface area contributed by atoms with Gasteiger partial charge in [-0.3, -0.25) is 9.36 Å². The summed E-state index contributed by atoms with van der Waals surface area (Å²) in [6.45, 7) is 5.94. The predicted octanol–water partition coefficient (Wildman–Crippen LogP) is 6.35. The van der Waals surface area contributed by atoms with Gasteiger partial charge in [0, 0.05) is 29.7 Å². The second-order valence-electron chi connectivity index (χ2n) is 8.53. The second-order valence-corrected chi connectivity index (χ2v) is 8.53. The minimum atomic E-state index is -1.04. The standard InChI is InChI=1S/C28H23FN2O4/c1-4-31(23-8-6-5-7-21(23)28(33)34)24-12-16(2)11-22-25(32)17(3)27(35-26(22)24)30-14-18-9-10-20(29)13-19(18)15-30/h5-15H,4H2,1-3H3,(H,33,34). The molecule has 2 aromatic heterocycles. The molecule has 0 aliphatic carbocycles. The van der Waals surface area contributed by atoms with Gasteiger partial charge in [-0.2, -0.15) is 0 Å². The van der Waals surface area contributed by atoms with Gasteiger partial charge in [0.15, 0.2) is 11.0 Å². The number of aromatic carboxylic acids is 1. The van der Waals surface area contributed by atoms with E-state index in [1.165, 1.54) is 12.1 Å². The molecule has 1 N–H and O–H groups in total. The number of hydrogen-bond donors (Lipinski definition) is 1. The maximum absolute atomic E-state index is 13.7. The number of carboxylic acid groups (broad SMARTS) is 1. The maximum atomic E-state index is 13.7. The molecule has 5 aromatic rings. The van der Waals surface area contributed by atoms with E-state index in [4.69, 9.17) is 4.42 Å². The second kappa shape index (κ2) is 8.43. The van der Waals surface area contributed by atoms with Crippen LogP contribution in [0.3, 0.4) is 0 Å². The van der Waals surface area contributed by atoms with Crippen molar-refractivity contribution in [3.63, 3.8) is 0 Å². The van der Waals surface area contributed by atoms with Crippen LogP contribution in [0.5, 0.6) is 0 Å². The molecule has 0 spiro atoms. The van der Waals surface area contributed by atoms with Crippen LogP contribution in [0, 0.1) is 19.7 Å². The summed E-state index contributed by atoms with van der Waals surface area (Å²) in [5.41, 5.74) is 2.69. The molecule has 0 atom stereocenters. The molecule has 35 heavy (non-hydrogen) atoms. The first-order valence-corrected chi connectivity index (χ1v) is 11.2. The van der Waals surface area contributed by atoms with Gasteiger partial charge in [0.05, 0.1) is 27.9 Å². The summed E-state index contributed by atoms with van der Waals surface area (Å²) in [5, 5.41) is 11.7. The van der Waals surface area contributed by atoms with Crippen molar-refractivity contribution in [2.24, 2.45) is 0 Å². The molecule has 176 valence electrons. The lowest BCUT2D eigenvalue weighted by Gasteiger charge is -2.26. The molecule has 0 aliphatic heterocycles. The summed E-state index contributed by atoms with van der Waals surface area (Å²) in [4.78, 5) is 27.2. The molecule has 0 fully saturated rings. The van der Waals surface area contributed by atoms with Gasteiger partial charge in [-0.15, -0.1) is 0 Å². The molecule has 0 unspecified atom stereocenters. The molecular formula is C28H23FN2O4. The predicted molar refractivity (Wildman–Crippen MR) is 135 cm³/mol. The van der Waals surface area contributed by atoms with Crippen molar-refractivity contribution < 1.29 is 18.7 Å². The number of hydrogen-bond acceptors (Lipinski definition) is 4. The molecule has 7 heteroatoms. The Morgan fingerprint density at radius 2 is 1.77 bits per heavy atom. The molecule has 3 aromatic carbocycles. The van der Waals surface area contributed by atoms with Gasteiger partial charge >= 0.3 is 5.97 Å². The van der Waals surface area contributed by atoms with E-state index in [-0.39, 0.29) is 16.8 Å². The van der Waals surface area contributed by atoms with Crippen LogP contribution < -0.4 is 10.3 Å². The third-order valence-electron chi connectivity index (χ3n) is 6.19. The SMILES string of the molecule is CCN(c1ccccc1C(=O)O)c1cc(C)cc2c(=O)c(C)c(-n3cc4ccc(F)cc4c3)oc12. The van der Waals surface area contributed by atoms with Gasteiger partial charge < -0.3 is 14.4 Å². The summed E-state index contributed by atoms with van der Waals surface area (Å²) in [5.74, 6) is -1.06. The fraction of sp³-hybridized carbons (Fsp3) is 0.143. The van der Waals surface area contributed by atoms with Crippen LogP contribution in [0.2, 0.25) is 0 Å². The number of carbonyl (C=O) groups is 1. The van der Waals surface area contributed by atoms with E-state index in [2.05, 4.69) is 0 Å². The smallest absolute Gasteiger partial charge is 0.337 e. The highest BCUT2D eigenvalue weighted by molar-refractivity contribution is 5.99. The molecule has 0 amide bonds. The van der Waals surface area contributed by atoms with Crippen molar-refractivity contribution in [3.8, 4) is 5.88 Å². The number of para-hydroxylation sites is 1. The highest BCUT2D eigenvalue weighted by Gasteiger charge is 2.22. The number of halogens is 1. The van der Waals surface area contributed by atoms with Gasteiger partial charge in [0.25, 0.3) is 0 Å². The zero-order valence-electron chi connectivity index (χ0n) is 19.5. The zero-order chi connectivity index (χ0) is 24.9. The molecule has 0 saturated heterocycles. The molecule has 0 bridgehead atoms. The van der Waals surface area contributed by atoms with Gasteiger partial charge in [-0.25, -0.2) is 9.18 Å². The first-order valence-electron chi connectivity index (χ1n) is 11.2. The molecule has 0 saturated carbocycles. The Morgan fingerprint density at radius 1 is 1.03 bits per heavy atom. The minimum absolute atomic E-state index is 0.150. The number of fused-ring (bicyclic) bond motifs is 2. The molecule has 6 nitrogen and oxygen atoms in total. The van der Waals surface area contributed by atoms with E-state index < -0.39 is 5.97 Å². The normalized spacial score (nSPS) is 11.3. The Morgan fingerprint density at radius 3 is 2.51 bits per heavy atom. The van der Waals surface area contributed by atoms with Crippen LogP contribution in [-0.4, -0.2) is 22.2 Å². The summed E-state index contributed by atoms with van der Waals surface area (Å²) < 4.78 is 21.8. The Balaban J connectivity index is 1.80. The number of rotatable bonds is 5. The average Bonchev–Trinajstić information content (AvgIpc) is 3.25. The number of anilines is 2. The molecule has 0 radical (unpaired) electrons. The highest BCUT2D eigenvalue weighted by Crippen LogP contribution is 2.36. The Hall–Kier alpha value is -4.39. The molecule has 2 heterocycles. The first-order chi connectivity index (χ1) is 16.8. The van der Waals surface area contributed by atoms with Crippen LogP contribution in [-0.2, 0) is 0 Å². The number of nitrogens with zero attached hydrogens (tertiary/aromatic N) is 2. The van der Waals surface area contributed by atoms with E-state index in [0.717, 1.165) is 10.9 Å². The van der Waals surface area contributed by atoms with E-state index in [0.29, 0.717) is 45.7 Å². The zero-order valence-corrected chi connectivity index (χ0v) is 19.5. The monoisotopic (exact) mass is 470 g/mol. The number of benzene rings is 3. The van der Waals surface area contributed by atoms with Crippen LogP contribution in [0.4, 0.5) is 15.8 Å². The third kappa shape index (κ3) is 3.75. The van der Waals surface area contributed by atoms with E-state index in [9.17, 15) is 19.1 Å². The van der Waals surface area contributed by atoms with E-state index in [1.807, 2.05) is 24.8 Å². The van der Waals surface area contributed by atoms with Crippen LogP contribution in [0.1, 0.15) is 28.4 Å². The first kappa shape index (κ1) is 22.4. The van der Waals surface area contributed by atoms with E-state index in [1.54, 1.807) is 60.3 Å². The Labute approximate surface area is 200 Å². The van der Waals surface area contributed by atoms with Crippen LogP contribution in [0.25, 0.3) is 27.6 Å². The van der Waals surface area contributed by atoms with Crippen molar-refractivity contribution >= 4 is 39.1 Å². The lowest BCUT2D eigenvalue weighted by atomic mass is 10.1. The molecular weight excluding hydrogens is 447 g/mol. The van der Waals surface area contributed by atoms with Gasteiger partial charge in [-0.05, 0) is 68.8 Å². The highest BCUT2D eigenvalue weighted by atomic mass is 19.1. The fourth-order valence-electron chi connectivity index (χ4n) is 4.54. The quantitative estimate of drug-likeness (QED) is 0.324. The minimum Gasteiger partial charge on any atom is -0.478 e. The van der Waals surface area contributed by atoms with Crippen molar-refractivity contribution in [1.29, 1.82) is 0 Å². The molecule has 5 rings (SSSR count). The van der Waals surface area contributed by atoms with Crippen molar-refractivity contribution in [1.82, 2.24) is 4.57 Å². The average molecular weight is 471 g/mol. The molecule has 0 aliphatic rings. The fourth-order valence-corrected chi connectivity index (χ4v) is 4.54. The lowest BCUT2D eigenvalue weighted by molar-refractivity contribution is 0.0697.